The molecule has 2 aliphatic heterocycles. The number of aliphatic carboxylic acids is 1. The van der Waals surface area contributed by atoms with Crippen molar-refractivity contribution < 1.29 is 14.6 Å². The highest BCUT2D eigenvalue weighted by atomic mass is 16.5. The van der Waals surface area contributed by atoms with Gasteiger partial charge in [0, 0.05) is 43.2 Å². The Hall–Kier alpha value is -2.60. The first kappa shape index (κ1) is 17.8. The van der Waals surface area contributed by atoms with Gasteiger partial charge in [-0.3, -0.25) is 4.79 Å². The Kier molecular flexibility index (Phi) is 4.30. The number of nitrogens with zero attached hydrogens (tertiary/aromatic N) is 3. The first-order chi connectivity index (χ1) is 12.9. The number of carbonyl (C=O) groups is 1. The number of fused-ring (bicyclic) bond motifs is 2. The van der Waals surface area contributed by atoms with Gasteiger partial charge in [0.1, 0.15) is 11.6 Å². The third kappa shape index (κ3) is 3.04. The molecule has 6 heteroatoms. The number of carboxylic acid groups (broad SMARTS) is 1. The fourth-order valence-electron chi connectivity index (χ4n) is 3.94. The second-order valence-corrected chi connectivity index (χ2v) is 7.95. The second-order valence-electron chi connectivity index (χ2n) is 7.95. The van der Waals surface area contributed by atoms with Crippen LogP contribution in [0.5, 0.6) is 11.6 Å². The maximum Gasteiger partial charge on any atom is 0.310 e. The average Bonchev–Trinajstić information content (AvgIpc) is 2.66. The number of aromatic nitrogens is 1. The molecule has 1 saturated heterocycles. The van der Waals surface area contributed by atoms with E-state index >= 15 is 0 Å². The third-order valence-corrected chi connectivity index (χ3v) is 5.72. The molecular formula is C21H25N3O3. The van der Waals surface area contributed by atoms with E-state index in [9.17, 15) is 9.90 Å². The molecule has 0 radical (unpaired) electrons. The number of hydrogen-bond donors (Lipinski definition) is 1. The highest BCUT2D eigenvalue weighted by molar-refractivity contribution is 5.77. The maximum absolute atomic E-state index is 12.0. The Bertz CT molecular complexity index is 873. The summed E-state index contributed by atoms with van der Waals surface area (Å²) < 4.78 is 6.09. The van der Waals surface area contributed by atoms with Gasteiger partial charge >= 0.3 is 5.97 Å². The Morgan fingerprint density at radius 2 is 1.81 bits per heavy atom. The largest absolute Gasteiger partial charge is 0.481 e. The van der Waals surface area contributed by atoms with Crippen LogP contribution in [0.15, 0.2) is 36.4 Å². The summed E-state index contributed by atoms with van der Waals surface area (Å²) in [5, 5.41) is 9.85. The Balaban J connectivity index is 1.77. The minimum absolute atomic E-state index is 0.316. The minimum atomic E-state index is -0.980. The number of rotatable bonds is 3. The minimum Gasteiger partial charge on any atom is -0.481 e. The van der Waals surface area contributed by atoms with E-state index < -0.39 is 11.4 Å². The van der Waals surface area contributed by atoms with Crippen molar-refractivity contribution >= 4 is 11.8 Å². The molecule has 0 saturated carbocycles. The molecule has 3 heterocycles. The summed E-state index contributed by atoms with van der Waals surface area (Å²) in [6, 6.07) is 11.6. The summed E-state index contributed by atoms with van der Waals surface area (Å²) in [6.07, 6.45) is 0. The number of para-hydroxylation sites is 1. The number of benzene rings is 1. The van der Waals surface area contributed by atoms with Crippen LogP contribution in [0, 0.1) is 5.41 Å². The van der Waals surface area contributed by atoms with E-state index in [0.29, 0.717) is 11.6 Å². The Labute approximate surface area is 159 Å². The molecule has 0 spiro atoms. The van der Waals surface area contributed by atoms with Gasteiger partial charge in [-0.05, 0) is 39.1 Å². The van der Waals surface area contributed by atoms with Crippen molar-refractivity contribution in [2.24, 2.45) is 5.41 Å². The van der Waals surface area contributed by atoms with E-state index in [0.717, 1.165) is 43.1 Å². The summed E-state index contributed by atoms with van der Waals surface area (Å²) >= 11 is 0. The van der Waals surface area contributed by atoms with Crippen molar-refractivity contribution in [3.8, 4) is 11.6 Å². The summed E-state index contributed by atoms with van der Waals surface area (Å²) in [5.41, 5.74) is 0.747. The molecule has 1 aromatic carbocycles. The van der Waals surface area contributed by atoms with E-state index in [4.69, 9.17) is 9.72 Å². The fourth-order valence-corrected chi connectivity index (χ4v) is 3.94. The van der Waals surface area contributed by atoms with Crippen molar-refractivity contribution in [2.75, 3.05) is 38.1 Å². The summed E-state index contributed by atoms with van der Waals surface area (Å²) in [6.45, 7) is 7.36. The number of pyridine rings is 1. The first-order valence-corrected chi connectivity index (χ1v) is 9.32. The normalized spacial score (nSPS) is 19.8. The van der Waals surface area contributed by atoms with E-state index in [1.54, 1.807) is 13.8 Å². The zero-order valence-electron chi connectivity index (χ0n) is 16.0. The van der Waals surface area contributed by atoms with E-state index in [1.165, 1.54) is 0 Å². The molecule has 1 atom stereocenters. The van der Waals surface area contributed by atoms with Crippen LogP contribution < -0.4 is 9.64 Å². The molecule has 1 fully saturated rings. The van der Waals surface area contributed by atoms with Gasteiger partial charge in [0.15, 0.2) is 0 Å². The second kappa shape index (κ2) is 6.53. The lowest BCUT2D eigenvalue weighted by Crippen LogP contribution is -2.44. The lowest BCUT2D eigenvalue weighted by molar-refractivity contribution is -0.147. The van der Waals surface area contributed by atoms with Crippen LogP contribution >= 0.6 is 0 Å². The van der Waals surface area contributed by atoms with E-state index in [1.807, 2.05) is 36.4 Å². The fraction of sp³-hybridized carbons (Fsp3) is 0.429. The number of hydrogen-bond acceptors (Lipinski definition) is 5. The lowest BCUT2D eigenvalue weighted by Gasteiger charge is -2.37. The maximum atomic E-state index is 12.0. The van der Waals surface area contributed by atoms with Gasteiger partial charge in [0.25, 0.3) is 0 Å². The van der Waals surface area contributed by atoms with Crippen molar-refractivity contribution in [3.05, 3.63) is 47.5 Å². The molecule has 0 bridgehead atoms. The molecule has 1 N–H and O–H groups in total. The zero-order valence-corrected chi connectivity index (χ0v) is 16.0. The molecule has 2 aromatic rings. The summed E-state index contributed by atoms with van der Waals surface area (Å²) in [5.74, 6) is 0.937. The van der Waals surface area contributed by atoms with Gasteiger partial charge in [0.05, 0.1) is 5.41 Å². The molecule has 6 nitrogen and oxygen atoms in total. The molecule has 142 valence electrons. The van der Waals surface area contributed by atoms with Gasteiger partial charge < -0.3 is 19.6 Å². The molecule has 2 aliphatic rings. The number of anilines is 1. The summed E-state index contributed by atoms with van der Waals surface area (Å²) in [4.78, 5) is 21.3. The van der Waals surface area contributed by atoms with Gasteiger partial charge in [-0.2, -0.15) is 4.98 Å². The lowest BCUT2D eigenvalue weighted by atomic mass is 9.70. The number of piperazine rings is 1. The van der Waals surface area contributed by atoms with Gasteiger partial charge in [-0.25, -0.2) is 0 Å². The highest BCUT2D eigenvalue weighted by Crippen LogP contribution is 2.51. The van der Waals surface area contributed by atoms with Crippen LogP contribution in [0.3, 0.4) is 0 Å². The molecule has 1 unspecified atom stereocenters. The Morgan fingerprint density at radius 3 is 2.52 bits per heavy atom. The Morgan fingerprint density at radius 1 is 1.11 bits per heavy atom. The first-order valence-electron chi connectivity index (χ1n) is 9.32. The summed E-state index contributed by atoms with van der Waals surface area (Å²) in [7, 11) is 2.12. The third-order valence-electron chi connectivity index (χ3n) is 5.72. The van der Waals surface area contributed by atoms with Gasteiger partial charge in [-0.1, -0.05) is 18.2 Å². The monoisotopic (exact) mass is 367 g/mol. The average molecular weight is 367 g/mol. The molecule has 1 aromatic heterocycles. The predicted molar refractivity (Wildman–Crippen MR) is 104 cm³/mol. The molecular weight excluding hydrogens is 342 g/mol. The quantitative estimate of drug-likeness (QED) is 0.899. The predicted octanol–water partition coefficient (Wildman–Crippen LogP) is 3.18. The number of ether oxygens (including phenoxy) is 1. The van der Waals surface area contributed by atoms with E-state index in [2.05, 4.69) is 16.8 Å². The molecule has 0 aliphatic carbocycles. The standard InChI is InChI=1S/C21H25N3O3/c1-21(2,20(25)26)18-14-6-4-5-7-16(14)27-19-15(18)8-9-17(22-19)24-12-10-23(3)11-13-24/h4-9,18H,10-13H2,1-3H3,(H,25,26). The van der Waals surface area contributed by atoms with Crippen molar-refractivity contribution in [2.45, 2.75) is 19.8 Å². The van der Waals surface area contributed by atoms with Crippen LogP contribution in [0.4, 0.5) is 5.82 Å². The van der Waals surface area contributed by atoms with Crippen LogP contribution in [-0.2, 0) is 4.79 Å². The van der Waals surface area contributed by atoms with Crippen LogP contribution in [-0.4, -0.2) is 54.2 Å². The van der Waals surface area contributed by atoms with E-state index in [-0.39, 0.29) is 5.92 Å². The number of likely N-dealkylation sites (N-methyl/N-ethyl adjacent to an activating group) is 1. The van der Waals surface area contributed by atoms with Crippen molar-refractivity contribution in [1.82, 2.24) is 9.88 Å². The van der Waals surface area contributed by atoms with Crippen molar-refractivity contribution in [3.63, 3.8) is 0 Å². The number of carboxylic acids is 1. The van der Waals surface area contributed by atoms with Crippen LogP contribution in [0.25, 0.3) is 0 Å². The molecule has 0 amide bonds. The molecule has 27 heavy (non-hydrogen) atoms. The highest BCUT2D eigenvalue weighted by Gasteiger charge is 2.44. The van der Waals surface area contributed by atoms with Crippen LogP contribution in [0.1, 0.15) is 30.9 Å². The van der Waals surface area contributed by atoms with Crippen molar-refractivity contribution in [1.29, 1.82) is 0 Å². The topological polar surface area (TPSA) is 65.9 Å². The molecule has 4 rings (SSSR count). The van der Waals surface area contributed by atoms with Crippen LogP contribution in [0.2, 0.25) is 0 Å². The SMILES string of the molecule is CN1CCN(c2ccc3c(n2)Oc2ccccc2C3C(C)(C)C(=O)O)CC1. The smallest absolute Gasteiger partial charge is 0.310 e. The zero-order chi connectivity index (χ0) is 19.2. The van der Waals surface area contributed by atoms with Gasteiger partial charge in [0.2, 0.25) is 5.88 Å². The van der Waals surface area contributed by atoms with Gasteiger partial charge in [-0.15, -0.1) is 0 Å².